The molecule has 0 saturated heterocycles. The Morgan fingerprint density at radius 1 is 1.24 bits per heavy atom. The largest absolute Gasteiger partial charge is 0.506 e. The molecule has 170 valence electrons. The molecule has 1 aromatic heterocycles. The number of allylic oxidation sites excluding steroid dienone is 1. The number of carbonyl (C=O) groups excluding carboxylic acids is 1. The number of aromatic hydroxyl groups is 1. The van der Waals surface area contributed by atoms with Crippen LogP contribution < -0.4 is 14.9 Å². The molecule has 0 amide bonds. The van der Waals surface area contributed by atoms with E-state index in [1.54, 1.807) is 13.8 Å². The number of esters is 1. The Morgan fingerprint density at radius 3 is 2.61 bits per heavy atom. The highest BCUT2D eigenvalue weighted by Gasteiger charge is 2.33. The lowest BCUT2D eigenvalue weighted by Crippen LogP contribution is -2.39. The highest BCUT2D eigenvalue weighted by molar-refractivity contribution is 7.07. The Labute approximate surface area is 203 Å². The minimum absolute atomic E-state index is 0.0829. The molecule has 3 aromatic rings. The number of benzene rings is 2. The molecule has 0 bridgehead atoms. The Balaban J connectivity index is 1.98. The highest BCUT2D eigenvalue weighted by Crippen LogP contribution is 2.32. The summed E-state index contributed by atoms with van der Waals surface area (Å²) in [5.41, 5.74) is 2.57. The third-order valence-electron chi connectivity index (χ3n) is 5.25. The van der Waals surface area contributed by atoms with Crippen molar-refractivity contribution in [1.82, 2.24) is 4.57 Å². The average Bonchev–Trinajstić information content (AvgIpc) is 3.06. The van der Waals surface area contributed by atoms with Gasteiger partial charge in [0.25, 0.3) is 5.56 Å². The topological polar surface area (TPSA) is 80.9 Å². The summed E-state index contributed by atoms with van der Waals surface area (Å²) >= 11 is 13.3. The van der Waals surface area contributed by atoms with Crippen LogP contribution in [0, 0.1) is 6.92 Å². The Morgan fingerprint density at radius 2 is 1.94 bits per heavy atom. The zero-order valence-electron chi connectivity index (χ0n) is 18.1. The molecule has 4 rings (SSSR count). The number of aryl methyl sites for hydroxylation is 1. The summed E-state index contributed by atoms with van der Waals surface area (Å²) in [4.78, 5) is 31.4. The summed E-state index contributed by atoms with van der Waals surface area (Å²) in [7, 11) is 0. The molecule has 0 aliphatic carbocycles. The van der Waals surface area contributed by atoms with Crippen LogP contribution in [0.3, 0.4) is 0 Å². The number of carbonyl (C=O) groups is 1. The molecule has 9 heteroatoms. The molecule has 0 radical (unpaired) electrons. The first-order valence-electron chi connectivity index (χ1n) is 10.2. The molecule has 0 fully saturated rings. The maximum Gasteiger partial charge on any atom is 0.338 e. The van der Waals surface area contributed by atoms with Gasteiger partial charge in [0, 0.05) is 10.6 Å². The van der Waals surface area contributed by atoms with Gasteiger partial charge in [0.15, 0.2) is 4.80 Å². The summed E-state index contributed by atoms with van der Waals surface area (Å²) in [5, 5.41) is 10.7. The van der Waals surface area contributed by atoms with Crippen LogP contribution in [0.5, 0.6) is 5.75 Å². The quantitative estimate of drug-likeness (QED) is 0.544. The molecular formula is C24H20Cl2N2O4S. The SMILES string of the molecule is CCOC(=O)C1=C(C)N=c2s/c(=C\c3cc(Cl)cc(Cl)c3O)c(=O)n2[C@H]1c1ccc(C)cc1. The smallest absolute Gasteiger partial charge is 0.338 e. The fourth-order valence-electron chi connectivity index (χ4n) is 3.69. The number of halogens is 2. The van der Waals surface area contributed by atoms with Crippen LogP contribution in [0.4, 0.5) is 0 Å². The van der Waals surface area contributed by atoms with E-state index in [4.69, 9.17) is 27.9 Å². The number of phenolic OH excluding ortho intramolecular Hbond substituents is 1. The number of aromatic nitrogens is 1. The predicted octanol–water partition coefficient (Wildman–Crippen LogP) is 4.12. The second kappa shape index (κ2) is 9.17. The summed E-state index contributed by atoms with van der Waals surface area (Å²) in [5.74, 6) is -0.691. The van der Waals surface area contributed by atoms with Crippen LogP contribution in [0.2, 0.25) is 10.0 Å². The first-order valence-corrected chi connectivity index (χ1v) is 11.7. The van der Waals surface area contributed by atoms with Crippen molar-refractivity contribution in [2.75, 3.05) is 6.61 Å². The van der Waals surface area contributed by atoms with Crippen molar-refractivity contribution in [2.45, 2.75) is 26.8 Å². The maximum atomic E-state index is 13.5. The zero-order chi connectivity index (χ0) is 23.9. The molecule has 1 N–H and O–H groups in total. The summed E-state index contributed by atoms with van der Waals surface area (Å²) < 4.78 is 7.09. The van der Waals surface area contributed by atoms with Gasteiger partial charge >= 0.3 is 5.97 Å². The lowest BCUT2D eigenvalue weighted by Gasteiger charge is -2.24. The Bertz CT molecular complexity index is 1470. The van der Waals surface area contributed by atoms with E-state index in [9.17, 15) is 14.7 Å². The van der Waals surface area contributed by atoms with Crippen molar-refractivity contribution < 1.29 is 14.6 Å². The maximum absolute atomic E-state index is 13.5. The van der Waals surface area contributed by atoms with Crippen LogP contribution in [-0.2, 0) is 9.53 Å². The molecule has 2 heterocycles. The number of thiazole rings is 1. The Hall–Kier alpha value is -2.87. The molecular weight excluding hydrogens is 483 g/mol. The van der Waals surface area contributed by atoms with Gasteiger partial charge in [-0.1, -0.05) is 64.4 Å². The molecule has 0 saturated carbocycles. The third kappa shape index (κ3) is 4.36. The van der Waals surface area contributed by atoms with Crippen LogP contribution in [-0.4, -0.2) is 22.2 Å². The highest BCUT2D eigenvalue weighted by atomic mass is 35.5. The first-order chi connectivity index (χ1) is 15.7. The number of phenols is 1. The van der Waals surface area contributed by atoms with E-state index in [-0.39, 0.29) is 22.9 Å². The Kier molecular flexibility index (Phi) is 6.47. The molecule has 1 atom stereocenters. The number of rotatable bonds is 4. The fourth-order valence-corrected chi connectivity index (χ4v) is 5.24. The number of fused-ring (bicyclic) bond motifs is 1. The lowest BCUT2D eigenvalue weighted by molar-refractivity contribution is -0.139. The molecule has 2 aromatic carbocycles. The minimum atomic E-state index is -0.695. The van der Waals surface area contributed by atoms with Crippen molar-refractivity contribution >= 4 is 46.6 Å². The predicted molar refractivity (Wildman–Crippen MR) is 130 cm³/mol. The van der Waals surface area contributed by atoms with Gasteiger partial charge in [-0.2, -0.15) is 0 Å². The van der Waals surface area contributed by atoms with Gasteiger partial charge in [-0.3, -0.25) is 9.36 Å². The van der Waals surface area contributed by atoms with Crippen LogP contribution in [0.25, 0.3) is 6.08 Å². The monoisotopic (exact) mass is 502 g/mol. The van der Waals surface area contributed by atoms with Gasteiger partial charge in [0.1, 0.15) is 5.75 Å². The van der Waals surface area contributed by atoms with Gasteiger partial charge in [-0.05, 0) is 44.5 Å². The van der Waals surface area contributed by atoms with Crippen LogP contribution >= 0.6 is 34.5 Å². The minimum Gasteiger partial charge on any atom is -0.506 e. The third-order valence-corrected chi connectivity index (χ3v) is 6.74. The zero-order valence-corrected chi connectivity index (χ0v) is 20.4. The van der Waals surface area contributed by atoms with E-state index in [0.29, 0.717) is 31.2 Å². The molecule has 33 heavy (non-hydrogen) atoms. The van der Waals surface area contributed by atoms with E-state index < -0.39 is 12.0 Å². The number of hydrogen-bond acceptors (Lipinski definition) is 6. The number of nitrogens with zero attached hydrogens (tertiary/aromatic N) is 2. The molecule has 6 nitrogen and oxygen atoms in total. The van der Waals surface area contributed by atoms with Crippen molar-refractivity contribution in [3.8, 4) is 5.75 Å². The van der Waals surface area contributed by atoms with Crippen molar-refractivity contribution in [1.29, 1.82) is 0 Å². The van der Waals surface area contributed by atoms with Gasteiger partial charge in [0.05, 0.1) is 33.5 Å². The number of ether oxygens (including phenoxy) is 1. The van der Waals surface area contributed by atoms with Gasteiger partial charge < -0.3 is 9.84 Å². The van der Waals surface area contributed by atoms with Crippen LogP contribution in [0.1, 0.15) is 36.6 Å². The number of hydrogen-bond donors (Lipinski definition) is 1. The molecule has 0 spiro atoms. The average molecular weight is 503 g/mol. The molecule has 1 aliphatic heterocycles. The van der Waals surface area contributed by atoms with Gasteiger partial charge in [-0.25, -0.2) is 9.79 Å². The van der Waals surface area contributed by atoms with E-state index >= 15 is 0 Å². The van der Waals surface area contributed by atoms with Crippen molar-refractivity contribution in [2.24, 2.45) is 4.99 Å². The fraction of sp³-hybridized carbons (Fsp3) is 0.208. The van der Waals surface area contributed by atoms with Gasteiger partial charge in [0.2, 0.25) is 0 Å². The normalized spacial score (nSPS) is 15.9. The lowest BCUT2D eigenvalue weighted by atomic mass is 9.95. The van der Waals surface area contributed by atoms with E-state index in [1.165, 1.54) is 22.8 Å². The standard InChI is InChI=1S/C24H20Cl2N2O4S/c1-4-32-23(31)19-13(3)27-24-28(20(19)14-7-5-12(2)6-8-14)22(30)18(33-24)10-15-9-16(25)11-17(26)21(15)29/h5-11,20,29H,4H2,1-3H3/b18-10-/t20-/m0/s1. The van der Waals surface area contributed by atoms with Crippen molar-refractivity contribution in [3.05, 3.63) is 94.1 Å². The van der Waals surface area contributed by atoms with Crippen molar-refractivity contribution in [3.63, 3.8) is 0 Å². The second-order valence-electron chi connectivity index (χ2n) is 7.54. The molecule has 1 aliphatic rings. The second-order valence-corrected chi connectivity index (χ2v) is 9.39. The molecule has 0 unspecified atom stereocenters. The van der Waals surface area contributed by atoms with Crippen LogP contribution in [0.15, 0.2) is 57.5 Å². The summed E-state index contributed by atoms with van der Waals surface area (Å²) in [6, 6.07) is 9.87. The summed E-state index contributed by atoms with van der Waals surface area (Å²) in [6.45, 7) is 5.63. The first kappa shape index (κ1) is 23.3. The van der Waals surface area contributed by atoms with E-state index in [2.05, 4.69) is 4.99 Å². The summed E-state index contributed by atoms with van der Waals surface area (Å²) in [6.07, 6.45) is 1.52. The van der Waals surface area contributed by atoms with E-state index in [1.807, 2.05) is 31.2 Å². The van der Waals surface area contributed by atoms with Gasteiger partial charge in [-0.15, -0.1) is 0 Å². The van der Waals surface area contributed by atoms with E-state index in [0.717, 1.165) is 22.5 Å².